The van der Waals surface area contributed by atoms with Crippen LogP contribution in [-0.2, 0) is 6.18 Å². The molecule has 110 valence electrons. The van der Waals surface area contributed by atoms with Gasteiger partial charge < -0.3 is 10.6 Å². The standard InChI is InChI=1S/C14H17F3N2S/c1-2-19(8-9-3-4-9)10-5-6-11(13(18)20)12(7-10)14(15,16)17/h5-7,9H,2-4,8H2,1H3,(H2,18,20). The van der Waals surface area contributed by atoms with Crippen LogP contribution >= 0.6 is 12.2 Å². The van der Waals surface area contributed by atoms with Crippen LogP contribution in [-0.4, -0.2) is 18.1 Å². The van der Waals surface area contributed by atoms with Crippen LogP contribution in [0.3, 0.4) is 0 Å². The monoisotopic (exact) mass is 302 g/mol. The molecule has 0 amide bonds. The fourth-order valence-corrected chi connectivity index (χ4v) is 2.39. The van der Waals surface area contributed by atoms with Crippen molar-refractivity contribution < 1.29 is 13.2 Å². The molecule has 1 aliphatic rings. The van der Waals surface area contributed by atoms with Crippen molar-refractivity contribution in [3.8, 4) is 0 Å². The summed E-state index contributed by atoms with van der Waals surface area (Å²) in [6.45, 7) is 3.43. The van der Waals surface area contributed by atoms with Crippen molar-refractivity contribution in [3.05, 3.63) is 29.3 Å². The van der Waals surface area contributed by atoms with E-state index >= 15 is 0 Å². The molecule has 1 fully saturated rings. The van der Waals surface area contributed by atoms with E-state index in [0.29, 0.717) is 18.2 Å². The van der Waals surface area contributed by atoms with Gasteiger partial charge in [-0.25, -0.2) is 0 Å². The molecular formula is C14H17F3N2S. The largest absolute Gasteiger partial charge is 0.417 e. The molecule has 6 heteroatoms. The molecule has 0 unspecified atom stereocenters. The summed E-state index contributed by atoms with van der Waals surface area (Å²) in [5.74, 6) is 0.611. The van der Waals surface area contributed by atoms with Gasteiger partial charge >= 0.3 is 6.18 Å². The highest BCUT2D eigenvalue weighted by molar-refractivity contribution is 7.80. The number of thiocarbonyl (C=S) groups is 1. The summed E-state index contributed by atoms with van der Waals surface area (Å²) < 4.78 is 39.3. The van der Waals surface area contributed by atoms with Gasteiger partial charge in [-0.1, -0.05) is 12.2 Å². The van der Waals surface area contributed by atoms with Gasteiger partial charge in [0.15, 0.2) is 0 Å². The first-order valence-corrected chi connectivity index (χ1v) is 6.99. The van der Waals surface area contributed by atoms with Crippen molar-refractivity contribution in [2.24, 2.45) is 11.7 Å². The van der Waals surface area contributed by atoms with E-state index in [-0.39, 0.29) is 10.6 Å². The smallest absolute Gasteiger partial charge is 0.389 e. The van der Waals surface area contributed by atoms with E-state index < -0.39 is 11.7 Å². The van der Waals surface area contributed by atoms with Gasteiger partial charge in [0.05, 0.1) is 5.56 Å². The first kappa shape index (κ1) is 15.1. The maximum atomic E-state index is 13.1. The van der Waals surface area contributed by atoms with Gasteiger partial charge in [-0.3, -0.25) is 0 Å². The Morgan fingerprint density at radius 2 is 2.05 bits per heavy atom. The highest BCUT2D eigenvalue weighted by atomic mass is 32.1. The van der Waals surface area contributed by atoms with Crippen LogP contribution in [0.15, 0.2) is 18.2 Å². The Morgan fingerprint density at radius 3 is 2.50 bits per heavy atom. The Kier molecular flexibility index (Phi) is 4.22. The van der Waals surface area contributed by atoms with E-state index in [1.54, 1.807) is 6.07 Å². The Morgan fingerprint density at radius 1 is 1.40 bits per heavy atom. The molecular weight excluding hydrogens is 285 g/mol. The lowest BCUT2D eigenvalue weighted by Crippen LogP contribution is -2.26. The van der Waals surface area contributed by atoms with E-state index in [1.165, 1.54) is 6.07 Å². The molecule has 0 aromatic heterocycles. The van der Waals surface area contributed by atoms with Gasteiger partial charge in [-0.2, -0.15) is 13.2 Å². The van der Waals surface area contributed by atoms with Crippen LogP contribution in [0.1, 0.15) is 30.9 Å². The van der Waals surface area contributed by atoms with Crippen molar-refractivity contribution in [1.82, 2.24) is 0 Å². The zero-order chi connectivity index (χ0) is 14.9. The lowest BCUT2D eigenvalue weighted by molar-refractivity contribution is -0.137. The first-order valence-electron chi connectivity index (χ1n) is 6.59. The Labute approximate surface area is 121 Å². The molecule has 1 saturated carbocycles. The SMILES string of the molecule is CCN(CC1CC1)c1ccc(C(N)=S)c(C(F)(F)F)c1. The minimum Gasteiger partial charge on any atom is -0.389 e. The summed E-state index contributed by atoms with van der Waals surface area (Å²) in [4.78, 5) is 1.74. The van der Waals surface area contributed by atoms with E-state index in [4.69, 9.17) is 18.0 Å². The molecule has 1 aromatic rings. The van der Waals surface area contributed by atoms with E-state index in [2.05, 4.69) is 0 Å². The zero-order valence-corrected chi connectivity index (χ0v) is 12.0. The quantitative estimate of drug-likeness (QED) is 0.843. The van der Waals surface area contributed by atoms with E-state index in [9.17, 15) is 13.2 Å². The van der Waals surface area contributed by atoms with E-state index in [0.717, 1.165) is 25.5 Å². The van der Waals surface area contributed by atoms with Crippen LogP contribution in [0, 0.1) is 5.92 Å². The predicted molar refractivity (Wildman–Crippen MR) is 77.9 cm³/mol. The fraction of sp³-hybridized carbons (Fsp3) is 0.500. The van der Waals surface area contributed by atoms with Gasteiger partial charge in [-0.15, -0.1) is 0 Å². The Balaban J connectivity index is 2.37. The van der Waals surface area contributed by atoms with Crippen LogP contribution in [0.2, 0.25) is 0 Å². The van der Waals surface area contributed by atoms with Gasteiger partial charge in [0.25, 0.3) is 0 Å². The molecule has 0 spiro atoms. The second-order valence-electron chi connectivity index (χ2n) is 5.07. The van der Waals surface area contributed by atoms with Crippen LogP contribution < -0.4 is 10.6 Å². The highest BCUT2D eigenvalue weighted by Crippen LogP contribution is 2.36. The average Bonchev–Trinajstić information content (AvgIpc) is 3.18. The lowest BCUT2D eigenvalue weighted by Gasteiger charge is -2.25. The maximum Gasteiger partial charge on any atom is 0.417 e. The predicted octanol–water partition coefficient (Wildman–Crippen LogP) is 3.58. The molecule has 0 radical (unpaired) electrons. The second kappa shape index (κ2) is 5.60. The van der Waals surface area contributed by atoms with Crippen LogP contribution in [0.25, 0.3) is 0 Å². The number of rotatable bonds is 5. The topological polar surface area (TPSA) is 29.3 Å². The molecule has 2 nitrogen and oxygen atoms in total. The second-order valence-corrected chi connectivity index (χ2v) is 5.51. The number of alkyl halides is 3. The number of anilines is 1. The summed E-state index contributed by atoms with van der Waals surface area (Å²) in [5.41, 5.74) is 5.09. The van der Waals surface area contributed by atoms with Crippen LogP contribution in [0.4, 0.5) is 18.9 Å². The van der Waals surface area contributed by atoms with Crippen molar-refractivity contribution >= 4 is 22.9 Å². The van der Waals surface area contributed by atoms with Crippen LogP contribution in [0.5, 0.6) is 0 Å². The molecule has 1 aliphatic carbocycles. The number of hydrogen-bond donors (Lipinski definition) is 1. The summed E-state index contributed by atoms with van der Waals surface area (Å²) in [6, 6.07) is 4.19. The molecule has 0 heterocycles. The van der Waals surface area contributed by atoms with Gasteiger partial charge in [0, 0.05) is 24.3 Å². The molecule has 0 bridgehead atoms. The fourth-order valence-electron chi connectivity index (χ4n) is 2.21. The minimum atomic E-state index is -4.45. The normalized spacial score (nSPS) is 15.2. The molecule has 0 atom stereocenters. The van der Waals surface area contributed by atoms with Gasteiger partial charge in [0.1, 0.15) is 4.99 Å². The molecule has 0 saturated heterocycles. The third-order valence-electron chi connectivity index (χ3n) is 3.50. The molecule has 0 aliphatic heterocycles. The van der Waals surface area contributed by atoms with Crippen molar-refractivity contribution in [1.29, 1.82) is 0 Å². The number of nitrogens with two attached hydrogens (primary N) is 1. The number of halogens is 3. The van der Waals surface area contributed by atoms with Crippen molar-refractivity contribution in [2.45, 2.75) is 25.9 Å². The number of nitrogens with zero attached hydrogens (tertiary/aromatic N) is 1. The maximum absolute atomic E-state index is 13.1. The van der Waals surface area contributed by atoms with Crippen molar-refractivity contribution in [2.75, 3.05) is 18.0 Å². The molecule has 1 aromatic carbocycles. The third kappa shape index (κ3) is 3.42. The zero-order valence-electron chi connectivity index (χ0n) is 11.2. The summed E-state index contributed by atoms with van der Waals surface area (Å²) in [6.07, 6.45) is -2.13. The summed E-state index contributed by atoms with van der Waals surface area (Å²) >= 11 is 4.70. The van der Waals surface area contributed by atoms with Crippen molar-refractivity contribution in [3.63, 3.8) is 0 Å². The molecule has 2 N–H and O–H groups in total. The Bertz CT molecular complexity index is 510. The summed E-state index contributed by atoms with van der Waals surface area (Å²) in [5, 5.41) is 0. The minimum absolute atomic E-state index is 0.112. The lowest BCUT2D eigenvalue weighted by atomic mass is 10.1. The third-order valence-corrected chi connectivity index (χ3v) is 3.72. The number of hydrogen-bond acceptors (Lipinski definition) is 2. The first-order chi connectivity index (χ1) is 9.32. The molecule has 2 rings (SSSR count). The number of benzene rings is 1. The highest BCUT2D eigenvalue weighted by Gasteiger charge is 2.35. The average molecular weight is 302 g/mol. The van der Waals surface area contributed by atoms with Gasteiger partial charge in [0.2, 0.25) is 0 Å². The summed E-state index contributed by atoms with van der Waals surface area (Å²) in [7, 11) is 0. The Hall–Kier alpha value is -1.30. The molecule has 20 heavy (non-hydrogen) atoms. The van der Waals surface area contributed by atoms with E-state index in [1.807, 2.05) is 11.8 Å². The van der Waals surface area contributed by atoms with Gasteiger partial charge in [-0.05, 0) is 43.9 Å².